The number of rotatable bonds is 8. The van der Waals surface area contributed by atoms with Crippen molar-refractivity contribution >= 4 is 11.9 Å². The van der Waals surface area contributed by atoms with Gasteiger partial charge in [-0.1, -0.05) is 24.3 Å². The molecule has 1 N–H and O–H groups in total. The van der Waals surface area contributed by atoms with Gasteiger partial charge < -0.3 is 14.7 Å². The van der Waals surface area contributed by atoms with Gasteiger partial charge in [0.05, 0.1) is 0 Å². The number of carbonyl (C=O) groups is 2. The fraction of sp³-hybridized carbons (Fsp3) is 0.417. The van der Waals surface area contributed by atoms with Crippen molar-refractivity contribution in [2.75, 3.05) is 19.7 Å². The summed E-state index contributed by atoms with van der Waals surface area (Å²) in [6, 6.07) is 13.9. The number of nitrogens with zero attached hydrogens (tertiary/aromatic N) is 2. The maximum absolute atomic E-state index is 13.1. The molecule has 7 heteroatoms. The Hall–Kier alpha value is -2.93. The largest absolute Gasteiger partial charge is 0.484 e. The highest BCUT2D eigenvalue weighted by Gasteiger charge is 2.32. The van der Waals surface area contributed by atoms with Crippen LogP contribution in [0.3, 0.4) is 0 Å². The zero-order valence-corrected chi connectivity index (χ0v) is 18.0. The van der Waals surface area contributed by atoms with Crippen molar-refractivity contribution in [3.63, 3.8) is 0 Å². The van der Waals surface area contributed by atoms with Gasteiger partial charge in [0.1, 0.15) is 11.6 Å². The number of aryl methyl sites for hydroxylation is 1. The van der Waals surface area contributed by atoms with Gasteiger partial charge in [-0.25, -0.2) is 4.39 Å². The van der Waals surface area contributed by atoms with Crippen LogP contribution in [0.1, 0.15) is 31.4 Å². The van der Waals surface area contributed by atoms with E-state index in [-0.39, 0.29) is 36.8 Å². The summed E-state index contributed by atoms with van der Waals surface area (Å²) in [4.78, 5) is 27.6. The zero-order chi connectivity index (χ0) is 22.4. The molecule has 3 rings (SSSR count). The number of amides is 1. The lowest BCUT2D eigenvalue weighted by Gasteiger charge is -2.44. The molecule has 0 spiro atoms. The van der Waals surface area contributed by atoms with Gasteiger partial charge >= 0.3 is 5.97 Å². The second kappa shape index (κ2) is 10.4. The first-order valence-electron chi connectivity index (χ1n) is 10.5. The highest BCUT2D eigenvalue weighted by Crippen LogP contribution is 2.19. The van der Waals surface area contributed by atoms with Crippen molar-refractivity contribution in [1.29, 1.82) is 0 Å². The third-order valence-electron chi connectivity index (χ3n) is 5.65. The van der Waals surface area contributed by atoms with E-state index in [4.69, 9.17) is 9.84 Å². The normalized spacial score (nSPS) is 19.3. The van der Waals surface area contributed by atoms with E-state index < -0.39 is 5.97 Å². The Bertz CT molecular complexity index is 885. The minimum atomic E-state index is -0.827. The van der Waals surface area contributed by atoms with Crippen molar-refractivity contribution in [3.8, 4) is 5.75 Å². The van der Waals surface area contributed by atoms with Gasteiger partial charge in [0.25, 0.3) is 5.91 Å². The molecule has 0 aromatic heterocycles. The number of aliphatic carboxylic acids is 1. The first-order chi connectivity index (χ1) is 14.8. The third kappa shape index (κ3) is 6.52. The molecule has 1 saturated heterocycles. The van der Waals surface area contributed by atoms with Crippen molar-refractivity contribution in [3.05, 3.63) is 65.5 Å². The average molecular weight is 429 g/mol. The number of hydrogen-bond donors (Lipinski definition) is 1. The molecule has 1 amide bonds. The van der Waals surface area contributed by atoms with Crippen molar-refractivity contribution in [1.82, 2.24) is 9.80 Å². The SMILES string of the molecule is C[C@@H]1CN(C(=O)COc2ccc(CCC(=O)O)cc2)[C@@H](C)CN1Cc1ccc(F)cc1. The molecule has 166 valence electrons. The van der Waals surface area contributed by atoms with Crippen molar-refractivity contribution in [2.45, 2.75) is 45.3 Å². The highest BCUT2D eigenvalue weighted by molar-refractivity contribution is 5.78. The molecule has 2 aromatic rings. The minimum Gasteiger partial charge on any atom is -0.484 e. The van der Waals surface area contributed by atoms with Crippen LogP contribution in [0.2, 0.25) is 0 Å². The molecular formula is C24H29FN2O4. The second-order valence-corrected chi connectivity index (χ2v) is 8.13. The number of carboxylic acid groups (broad SMARTS) is 1. The van der Waals surface area contributed by atoms with Gasteiger partial charge in [-0.15, -0.1) is 0 Å². The molecule has 1 aliphatic heterocycles. The summed E-state index contributed by atoms with van der Waals surface area (Å²) in [6.45, 7) is 6.15. The number of carbonyl (C=O) groups excluding carboxylic acids is 1. The Morgan fingerprint density at radius 2 is 1.65 bits per heavy atom. The van der Waals surface area contributed by atoms with E-state index >= 15 is 0 Å². The van der Waals surface area contributed by atoms with Gasteiger partial charge in [0.15, 0.2) is 6.61 Å². The van der Waals surface area contributed by atoms with E-state index in [2.05, 4.69) is 11.8 Å². The number of halogens is 1. The number of piperazine rings is 1. The van der Waals surface area contributed by atoms with Crippen LogP contribution < -0.4 is 4.74 Å². The molecule has 6 nitrogen and oxygen atoms in total. The molecule has 2 aromatic carbocycles. The fourth-order valence-electron chi connectivity index (χ4n) is 3.82. The highest BCUT2D eigenvalue weighted by atomic mass is 19.1. The minimum absolute atomic E-state index is 0.0382. The molecule has 1 fully saturated rings. The molecule has 0 bridgehead atoms. The molecule has 0 unspecified atom stereocenters. The lowest BCUT2D eigenvalue weighted by atomic mass is 10.1. The van der Waals surface area contributed by atoms with Crippen LogP contribution in [0, 0.1) is 5.82 Å². The van der Waals surface area contributed by atoms with Gasteiger partial charge in [-0.05, 0) is 55.7 Å². The lowest BCUT2D eigenvalue weighted by Crippen LogP contribution is -2.58. The quantitative estimate of drug-likeness (QED) is 0.698. The van der Waals surface area contributed by atoms with E-state index in [0.29, 0.717) is 18.7 Å². The Balaban J connectivity index is 1.49. The summed E-state index contributed by atoms with van der Waals surface area (Å²) in [5, 5.41) is 8.76. The summed E-state index contributed by atoms with van der Waals surface area (Å²) < 4.78 is 18.8. The molecule has 1 aliphatic rings. The van der Waals surface area contributed by atoms with E-state index in [9.17, 15) is 14.0 Å². The second-order valence-electron chi connectivity index (χ2n) is 8.13. The number of benzene rings is 2. The predicted molar refractivity (Wildman–Crippen MR) is 115 cm³/mol. The predicted octanol–water partition coefficient (Wildman–Crippen LogP) is 3.34. The summed E-state index contributed by atoms with van der Waals surface area (Å²) in [5.74, 6) is -0.540. The van der Waals surface area contributed by atoms with Crippen LogP contribution >= 0.6 is 0 Å². The topological polar surface area (TPSA) is 70.1 Å². The number of ether oxygens (including phenoxy) is 1. The Morgan fingerprint density at radius 3 is 2.29 bits per heavy atom. The monoisotopic (exact) mass is 428 g/mol. The van der Waals surface area contributed by atoms with Crippen LogP contribution in [0.5, 0.6) is 5.75 Å². The van der Waals surface area contributed by atoms with Crippen LogP contribution in [0.4, 0.5) is 4.39 Å². The van der Waals surface area contributed by atoms with E-state index in [1.807, 2.05) is 24.0 Å². The smallest absolute Gasteiger partial charge is 0.303 e. The van der Waals surface area contributed by atoms with Crippen molar-refractivity contribution < 1.29 is 23.8 Å². The molecule has 0 saturated carbocycles. The molecule has 31 heavy (non-hydrogen) atoms. The average Bonchev–Trinajstić information content (AvgIpc) is 2.75. The fourth-order valence-corrected chi connectivity index (χ4v) is 3.82. The molecule has 0 aliphatic carbocycles. The van der Waals surface area contributed by atoms with Crippen molar-refractivity contribution in [2.24, 2.45) is 0 Å². The summed E-state index contributed by atoms with van der Waals surface area (Å²) in [5.41, 5.74) is 1.97. The first-order valence-corrected chi connectivity index (χ1v) is 10.5. The lowest BCUT2D eigenvalue weighted by molar-refractivity contribution is -0.139. The van der Waals surface area contributed by atoms with Gasteiger partial charge in [0.2, 0.25) is 0 Å². The standard InChI is InChI=1S/C24H29FN2O4/c1-17-14-27(18(2)13-26(17)15-20-3-8-21(25)9-4-20)23(28)16-31-22-10-5-19(6-11-22)7-12-24(29)30/h3-6,8-11,17-18H,7,12-16H2,1-2H3,(H,29,30)/t17-,18+/m1/s1. The maximum atomic E-state index is 13.1. The number of carboxylic acids is 1. The zero-order valence-electron chi connectivity index (χ0n) is 18.0. The molecule has 1 heterocycles. The summed E-state index contributed by atoms with van der Waals surface area (Å²) in [6.07, 6.45) is 0.550. The van der Waals surface area contributed by atoms with Gasteiger partial charge in [-0.3, -0.25) is 14.5 Å². The Morgan fingerprint density at radius 1 is 1.00 bits per heavy atom. The van der Waals surface area contributed by atoms with Crippen LogP contribution in [0.25, 0.3) is 0 Å². The molecule has 2 atom stereocenters. The van der Waals surface area contributed by atoms with Crippen LogP contribution in [-0.4, -0.2) is 58.6 Å². The number of hydrogen-bond acceptors (Lipinski definition) is 4. The Labute approximate surface area is 182 Å². The Kier molecular flexibility index (Phi) is 7.63. The van der Waals surface area contributed by atoms with E-state index in [1.54, 1.807) is 24.3 Å². The maximum Gasteiger partial charge on any atom is 0.303 e. The van der Waals surface area contributed by atoms with Crippen LogP contribution in [-0.2, 0) is 22.6 Å². The summed E-state index contributed by atoms with van der Waals surface area (Å²) in [7, 11) is 0. The summed E-state index contributed by atoms with van der Waals surface area (Å²) >= 11 is 0. The van der Waals surface area contributed by atoms with Gasteiger partial charge in [0, 0.05) is 38.1 Å². The molecular weight excluding hydrogens is 399 g/mol. The van der Waals surface area contributed by atoms with Gasteiger partial charge in [-0.2, -0.15) is 0 Å². The van der Waals surface area contributed by atoms with E-state index in [0.717, 1.165) is 24.2 Å². The first kappa shape index (κ1) is 22.7. The van der Waals surface area contributed by atoms with Crippen LogP contribution in [0.15, 0.2) is 48.5 Å². The molecule has 0 radical (unpaired) electrons. The third-order valence-corrected chi connectivity index (χ3v) is 5.65. The van der Waals surface area contributed by atoms with E-state index in [1.165, 1.54) is 12.1 Å².